The molecule has 2 aromatic rings. The molecule has 6 nitrogen and oxygen atoms in total. The van der Waals surface area contributed by atoms with Crippen molar-refractivity contribution in [2.24, 2.45) is 0 Å². The Morgan fingerprint density at radius 3 is 2.48 bits per heavy atom. The number of rotatable bonds is 2. The summed E-state index contributed by atoms with van der Waals surface area (Å²) in [6.45, 7) is 0. The zero-order chi connectivity index (χ0) is 17.6. The van der Waals surface area contributed by atoms with Gasteiger partial charge < -0.3 is 10.2 Å². The van der Waals surface area contributed by atoms with Crippen LogP contribution in [0.2, 0.25) is 0 Å². The minimum Gasteiger partial charge on any atom is -0.322 e. The maximum atomic E-state index is 13.2. The van der Waals surface area contributed by atoms with Crippen LogP contribution in [0.25, 0.3) is 0 Å². The molecule has 0 aromatic heterocycles. The number of amides is 3. The van der Waals surface area contributed by atoms with Crippen LogP contribution in [0.15, 0.2) is 54.6 Å². The molecule has 0 radical (unpaired) electrons. The van der Waals surface area contributed by atoms with Crippen molar-refractivity contribution < 1.29 is 14.4 Å². The van der Waals surface area contributed by atoms with Gasteiger partial charge in [-0.05, 0) is 24.3 Å². The second-order valence-corrected chi connectivity index (χ2v) is 6.25. The van der Waals surface area contributed by atoms with E-state index in [9.17, 15) is 14.4 Å². The Balaban J connectivity index is 1.83. The van der Waals surface area contributed by atoms with Gasteiger partial charge >= 0.3 is 0 Å². The van der Waals surface area contributed by atoms with Gasteiger partial charge in [0.2, 0.25) is 11.6 Å². The van der Waals surface area contributed by atoms with Crippen LogP contribution in [0.5, 0.6) is 0 Å². The monoisotopic (exact) mass is 335 g/mol. The van der Waals surface area contributed by atoms with Crippen LogP contribution in [0.3, 0.4) is 0 Å². The van der Waals surface area contributed by atoms with Crippen LogP contribution in [-0.4, -0.2) is 35.3 Å². The summed E-state index contributed by atoms with van der Waals surface area (Å²) in [5, 5.41) is 2.85. The minimum atomic E-state index is -1.33. The van der Waals surface area contributed by atoms with E-state index in [0.29, 0.717) is 16.9 Å². The standard InChI is InChI=1S/C19H17N3O3/c1-21-17(24)14-9-5-6-10-15(14)22-16(23)11-12-19(21,22)18(25)20-13-7-3-2-4-8-13/h2-10H,11-12H2,1H3,(H,20,25)/t19-/m1/s1. The molecule has 0 spiro atoms. The van der Waals surface area contributed by atoms with Gasteiger partial charge in [0.1, 0.15) is 0 Å². The predicted octanol–water partition coefficient (Wildman–Crippen LogP) is 2.23. The second-order valence-electron chi connectivity index (χ2n) is 6.25. The molecule has 1 atom stereocenters. The van der Waals surface area contributed by atoms with Crippen LogP contribution < -0.4 is 10.2 Å². The summed E-state index contributed by atoms with van der Waals surface area (Å²) in [6, 6.07) is 15.9. The van der Waals surface area contributed by atoms with Gasteiger partial charge in [-0.15, -0.1) is 0 Å². The van der Waals surface area contributed by atoms with Crippen molar-refractivity contribution >= 4 is 29.1 Å². The molecule has 2 heterocycles. The third-order valence-electron chi connectivity index (χ3n) is 4.94. The van der Waals surface area contributed by atoms with E-state index >= 15 is 0 Å². The van der Waals surface area contributed by atoms with Crippen molar-refractivity contribution in [2.75, 3.05) is 17.3 Å². The molecule has 1 fully saturated rings. The zero-order valence-corrected chi connectivity index (χ0v) is 13.7. The lowest BCUT2D eigenvalue weighted by atomic mass is 9.96. The number of hydrogen-bond donors (Lipinski definition) is 1. The van der Waals surface area contributed by atoms with Gasteiger partial charge in [0.25, 0.3) is 11.8 Å². The fourth-order valence-corrected chi connectivity index (χ4v) is 3.68. The number of para-hydroxylation sites is 2. The quantitative estimate of drug-likeness (QED) is 0.915. The van der Waals surface area contributed by atoms with Gasteiger partial charge in [-0.2, -0.15) is 0 Å². The average molecular weight is 335 g/mol. The van der Waals surface area contributed by atoms with E-state index in [2.05, 4.69) is 5.32 Å². The molecule has 4 rings (SSSR count). The van der Waals surface area contributed by atoms with Gasteiger partial charge in [0, 0.05) is 25.6 Å². The predicted molar refractivity (Wildman–Crippen MR) is 93.1 cm³/mol. The first-order valence-electron chi connectivity index (χ1n) is 8.12. The van der Waals surface area contributed by atoms with Crippen molar-refractivity contribution in [3.8, 4) is 0 Å². The van der Waals surface area contributed by atoms with Gasteiger partial charge in [-0.25, -0.2) is 0 Å². The van der Waals surface area contributed by atoms with Crippen LogP contribution in [0, 0.1) is 0 Å². The summed E-state index contributed by atoms with van der Waals surface area (Å²) >= 11 is 0. The number of hydrogen-bond acceptors (Lipinski definition) is 3. The molecule has 2 aromatic carbocycles. The fraction of sp³-hybridized carbons (Fsp3) is 0.211. The molecule has 126 valence electrons. The third kappa shape index (κ3) is 2.07. The van der Waals surface area contributed by atoms with Gasteiger partial charge in [-0.1, -0.05) is 30.3 Å². The number of fused-ring (bicyclic) bond motifs is 3. The van der Waals surface area contributed by atoms with E-state index < -0.39 is 5.66 Å². The molecule has 0 aliphatic carbocycles. The number of nitrogens with one attached hydrogen (secondary N) is 1. The van der Waals surface area contributed by atoms with E-state index in [-0.39, 0.29) is 30.6 Å². The molecule has 25 heavy (non-hydrogen) atoms. The van der Waals surface area contributed by atoms with E-state index in [1.165, 1.54) is 9.80 Å². The Morgan fingerprint density at radius 2 is 1.72 bits per heavy atom. The summed E-state index contributed by atoms with van der Waals surface area (Å²) < 4.78 is 0. The number of carbonyl (C=O) groups is 3. The molecule has 2 aliphatic heterocycles. The smallest absolute Gasteiger partial charge is 0.271 e. The molecule has 1 saturated heterocycles. The number of benzene rings is 2. The van der Waals surface area contributed by atoms with Gasteiger partial charge in [0.15, 0.2) is 0 Å². The number of likely N-dealkylation sites (N-methyl/N-ethyl adjacent to an activating group) is 1. The SMILES string of the molecule is CN1C(=O)c2ccccc2N2C(=O)CC[C@@]12C(=O)Nc1ccccc1. The molecule has 2 aliphatic rings. The minimum absolute atomic E-state index is 0.157. The van der Waals surface area contributed by atoms with Crippen molar-refractivity contribution in [2.45, 2.75) is 18.5 Å². The largest absolute Gasteiger partial charge is 0.322 e. The summed E-state index contributed by atoms with van der Waals surface area (Å²) in [6.07, 6.45) is 0.481. The normalized spacial score (nSPS) is 21.8. The molecule has 3 amide bonds. The summed E-state index contributed by atoms with van der Waals surface area (Å²) in [4.78, 5) is 41.5. The summed E-state index contributed by atoms with van der Waals surface area (Å²) in [5.41, 5.74) is 0.221. The highest BCUT2D eigenvalue weighted by atomic mass is 16.2. The molecular formula is C19H17N3O3. The number of nitrogens with zero attached hydrogens (tertiary/aromatic N) is 2. The number of carbonyl (C=O) groups excluding carboxylic acids is 3. The van der Waals surface area contributed by atoms with E-state index in [1.807, 2.05) is 18.2 Å². The summed E-state index contributed by atoms with van der Waals surface area (Å²) in [5.74, 6) is -0.797. The number of anilines is 2. The Kier molecular flexibility index (Phi) is 3.35. The van der Waals surface area contributed by atoms with Gasteiger partial charge in [0.05, 0.1) is 11.3 Å². The van der Waals surface area contributed by atoms with Crippen LogP contribution in [0.4, 0.5) is 11.4 Å². The topological polar surface area (TPSA) is 69.7 Å². The lowest BCUT2D eigenvalue weighted by molar-refractivity contribution is -0.128. The first-order valence-corrected chi connectivity index (χ1v) is 8.12. The molecule has 0 bridgehead atoms. The van der Waals surface area contributed by atoms with Crippen molar-refractivity contribution in [1.82, 2.24) is 4.90 Å². The molecule has 0 saturated carbocycles. The average Bonchev–Trinajstić information content (AvgIpc) is 2.99. The molecule has 6 heteroatoms. The first-order chi connectivity index (χ1) is 12.1. The van der Waals surface area contributed by atoms with E-state index in [4.69, 9.17) is 0 Å². The maximum absolute atomic E-state index is 13.2. The zero-order valence-electron chi connectivity index (χ0n) is 13.7. The Bertz CT molecular complexity index is 880. The Labute approximate surface area is 145 Å². The third-order valence-corrected chi connectivity index (χ3v) is 4.94. The fourth-order valence-electron chi connectivity index (χ4n) is 3.68. The van der Waals surface area contributed by atoms with E-state index in [0.717, 1.165) is 0 Å². The maximum Gasteiger partial charge on any atom is 0.271 e. The van der Waals surface area contributed by atoms with Crippen molar-refractivity contribution in [1.29, 1.82) is 0 Å². The molecule has 0 unspecified atom stereocenters. The Morgan fingerprint density at radius 1 is 1.04 bits per heavy atom. The van der Waals surface area contributed by atoms with Crippen LogP contribution >= 0.6 is 0 Å². The highest BCUT2D eigenvalue weighted by Gasteiger charge is 2.59. The highest BCUT2D eigenvalue weighted by molar-refractivity contribution is 6.18. The Hall–Kier alpha value is -3.15. The van der Waals surface area contributed by atoms with Crippen molar-refractivity contribution in [3.63, 3.8) is 0 Å². The second kappa shape index (κ2) is 5.44. The lowest BCUT2D eigenvalue weighted by Gasteiger charge is -2.47. The van der Waals surface area contributed by atoms with Crippen molar-refractivity contribution in [3.05, 3.63) is 60.2 Å². The molecular weight excluding hydrogens is 318 g/mol. The summed E-state index contributed by atoms with van der Waals surface area (Å²) in [7, 11) is 1.58. The lowest BCUT2D eigenvalue weighted by Crippen LogP contribution is -2.68. The van der Waals surface area contributed by atoms with Gasteiger partial charge in [-0.3, -0.25) is 19.3 Å². The first kappa shape index (κ1) is 15.4. The van der Waals surface area contributed by atoms with Crippen LogP contribution in [-0.2, 0) is 9.59 Å². The highest BCUT2D eigenvalue weighted by Crippen LogP contribution is 2.44. The molecule has 1 N–H and O–H groups in total. The van der Waals surface area contributed by atoms with Crippen LogP contribution in [0.1, 0.15) is 23.2 Å². The van der Waals surface area contributed by atoms with E-state index in [1.54, 1.807) is 43.4 Å².